The summed E-state index contributed by atoms with van der Waals surface area (Å²) in [6.07, 6.45) is 11.1. The van der Waals surface area contributed by atoms with E-state index in [9.17, 15) is 22.4 Å². The number of carbonyl (C=O) groups excluding carboxylic acids is 1. The monoisotopic (exact) mass is 558 g/mol. The van der Waals surface area contributed by atoms with Crippen LogP contribution in [0.3, 0.4) is 0 Å². The Bertz CT molecular complexity index is 986. The van der Waals surface area contributed by atoms with Crippen LogP contribution in [-0.2, 0) is 28.5 Å². The quantitative estimate of drug-likeness (QED) is 0.252. The first-order valence-corrected chi connectivity index (χ1v) is 14.4. The molecule has 2 heterocycles. The zero-order valence-corrected chi connectivity index (χ0v) is 22.3. The van der Waals surface area contributed by atoms with E-state index in [0.29, 0.717) is 26.1 Å². The number of esters is 1. The van der Waals surface area contributed by atoms with Crippen molar-refractivity contribution in [1.82, 2.24) is 0 Å². The SMILES string of the molecule is CC1C=C2CC(C(=O)OCC3COC(C4C=C5CCCC(C5)C4)OC3)CC(C2)C12OCC(F)(F)C(F)(F)CO2. The predicted octanol–water partition coefficient (Wildman–Crippen LogP) is 5.66. The third-order valence-corrected chi connectivity index (χ3v) is 9.62. The fourth-order valence-corrected chi connectivity index (χ4v) is 7.56. The summed E-state index contributed by atoms with van der Waals surface area (Å²) < 4.78 is 84.8. The molecule has 0 aromatic heterocycles. The standard InChI is InChI=1S/C29H38F4O6/c1-17-5-20-9-22(11-24(10-20)29(17)38-15-27(30,31)28(32,33)16-39-29)25(34)35-12-21-13-36-26(37-14-21)23-7-18-3-2-4-19(6-18)8-23/h5,7,17,19,21-24,26H,2-4,6,8-16H2,1H3. The average molecular weight is 559 g/mol. The Morgan fingerprint density at radius 2 is 1.69 bits per heavy atom. The lowest BCUT2D eigenvalue weighted by Gasteiger charge is -2.49. The van der Waals surface area contributed by atoms with Gasteiger partial charge in [0.25, 0.3) is 0 Å². The fourth-order valence-electron chi connectivity index (χ4n) is 7.56. The molecule has 39 heavy (non-hydrogen) atoms. The first-order valence-electron chi connectivity index (χ1n) is 14.4. The maximum absolute atomic E-state index is 14.0. The lowest BCUT2D eigenvalue weighted by Crippen LogP contribution is -2.53. The summed E-state index contributed by atoms with van der Waals surface area (Å²) in [6.45, 7) is -0.0796. The summed E-state index contributed by atoms with van der Waals surface area (Å²) in [5.74, 6) is -11.3. The number of rotatable bonds is 4. The van der Waals surface area contributed by atoms with Crippen molar-refractivity contribution < 1.29 is 46.0 Å². The van der Waals surface area contributed by atoms with Gasteiger partial charge < -0.3 is 23.7 Å². The first-order chi connectivity index (χ1) is 18.5. The molecule has 2 aliphatic heterocycles. The third kappa shape index (κ3) is 5.31. The molecule has 4 fully saturated rings. The van der Waals surface area contributed by atoms with E-state index in [1.54, 1.807) is 6.92 Å². The van der Waals surface area contributed by atoms with E-state index in [0.717, 1.165) is 17.9 Å². The minimum Gasteiger partial charge on any atom is -0.465 e. The molecule has 0 N–H and O–H groups in total. The van der Waals surface area contributed by atoms with Crippen molar-refractivity contribution in [3.8, 4) is 0 Å². The molecule has 6 aliphatic rings. The van der Waals surface area contributed by atoms with Crippen molar-refractivity contribution >= 4 is 5.97 Å². The van der Waals surface area contributed by atoms with Crippen LogP contribution in [0.5, 0.6) is 0 Å². The Kier molecular flexibility index (Phi) is 7.38. The number of hydrogen-bond donors (Lipinski definition) is 0. The molecule has 218 valence electrons. The summed E-state index contributed by atoms with van der Waals surface area (Å²) in [5, 5.41) is 0. The van der Waals surface area contributed by atoms with Crippen LogP contribution < -0.4 is 0 Å². The second-order valence-corrected chi connectivity index (χ2v) is 12.6. The van der Waals surface area contributed by atoms with Crippen molar-refractivity contribution in [2.75, 3.05) is 33.0 Å². The van der Waals surface area contributed by atoms with Crippen LogP contribution in [0.4, 0.5) is 17.6 Å². The van der Waals surface area contributed by atoms with Crippen LogP contribution in [0.15, 0.2) is 23.3 Å². The van der Waals surface area contributed by atoms with Crippen LogP contribution in [0, 0.1) is 35.5 Å². The highest BCUT2D eigenvalue weighted by molar-refractivity contribution is 5.73. The Morgan fingerprint density at radius 3 is 2.38 bits per heavy atom. The summed E-state index contributed by atoms with van der Waals surface area (Å²) >= 11 is 0. The van der Waals surface area contributed by atoms with Gasteiger partial charge in [-0.2, -0.15) is 17.6 Å². The Morgan fingerprint density at radius 1 is 0.974 bits per heavy atom. The Labute approximate surface area is 226 Å². The van der Waals surface area contributed by atoms with Crippen molar-refractivity contribution in [2.45, 2.75) is 82.2 Å². The van der Waals surface area contributed by atoms with Gasteiger partial charge in [-0.25, -0.2) is 0 Å². The second-order valence-electron chi connectivity index (χ2n) is 12.6. The van der Waals surface area contributed by atoms with Gasteiger partial charge in [-0.3, -0.25) is 4.79 Å². The Hall–Kier alpha value is -1.49. The predicted molar refractivity (Wildman–Crippen MR) is 131 cm³/mol. The second kappa shape index (κ2) is 10.4. The summed E-state index contributed by atoms with van der Waals surface area (Å²) in [5.41, 5.74) is 2.50. The number of allylic oxidation sites excluding steroid dienone is 2. The van der Waals surface area contributed by atoms with Crippen molar-refractivity contribution in [2.24, 2.45) is 35.5 Å². The molecule has 1 spiro atoms. The molecule has 0 amide bonds. The molecular formula is C29H38F4O6. The molecule has 2 saturated heterocycles. The summed E-state index contributed by atoms with van der Waals surface area (Å²) in [7, 11) is 0. The first kappa shape index (κ1) is 27.7. The van der Waals surface area contributed by atoms with Crippen molar-refractivity contribution in [1.29, 1.82) is 0 Å². The van der Waals surface area contributed by atoms with Crippen molar-refractivity contribution in [3.63, 3.8) is 0 Å². The normalized spacial score (nSPS) is 40.7. The molecule has 2 saturated carbocycles. The fraction of sp³-hybridized carbons (Fsp3) is 0.828. The van der Waals surface area contributed by atoms with E-state index in [1.165, 1.54) is 31.3 Å². The number of carbonyl (C=O) groups is 1. The van der Waals surface area contributed by atoms with E-state index in [1.807, 2.05) is 6.08 Å². The van der Waals surface area contributed by atoms with Gasteiger partial charge in [-0.05, 0) is 57.3 Å². The van der Waals surface area contributed by atoms with Crippen molar-refractivity contribution in [3.05, 3.63) is 23.3 Å². The molecule has 6 rings (SSSR count). The number of alkyl halides is 4. The largest absolute Gasteiger partial charge is 0.465 e. The molecule has 6 nitrogen and oxygen atoms in total. The topological polar surface area (TPSA) is 63.2 Å². The zero-order valence-electron chi connectivity index (χ0n) is 22.3. The van der Waals surface area contributed by atoms with Gasteiger partial charge in [0.15, 0.2) is 12.1 Å². The maximum atomic E-state index is 14.0. The van der Waals surface area contributed by atoms with Gasteiger partial charge in [-0.15, -0.1) is 0 Å². The molecule has 4 bridgehead atoms. The maximum Gasteiger partial charge on any atom is 0.335 e. The smallest absolute Gasteiger partial charge is 0.335 e. The molecule has 5 unspecified atom stereocenters. The Balaban J connectivity index is 1.03. The van der Waals surface area contributed by atoms with E-state index < -0.39 is 54.6 Å². The van der Waals surface area contributed by atoms with E-state index in [4.69, 9.17) is 23.7 Å². The van der Waals surface area contributed by atoms with Crippen LogP contribution in [-0.4, -0.2) is 62.9 Å². The molecule has 5 atom stereocenters. The van der Waals surface area contributed by atoms with E-state index >= 15 is 0 Å². The van der Waals surface area contributed by atoms with Gasteiger partial charge in [0, 0.05) is 23.7 Å². The van der Waals surface area contributed by atoms with Crippen LogP contribution >= 0.6 is 0 Å². The summed E-state index contributed by atoms with van der Waals surface area (Å²) in [4.78, 5) is 13.1. The van der Waals surface area contributed by atoms with Gasteiger partial charge in [0.2, 0.25) is 0 Å². The van der Waals surface area contributed by atoms with Gasteiger partial charge in [0.05, 0.1) is 25.7 Å². The van der Waals surface area contributed by atoms with Crippen LogP contribution in [0.1, 0.15) is 58.3 Å². The van der Waals surface area contributed by atoms with Crippen LogP contribution in [0.25, 0.3) is 0 Å². The number of fused-ring (bicyclic) bond motifs is 5. The molecule has 4 aliphatic carbocycles. The van der Waals surface area contributed by atoms with Crippen LogP contribution in [0.2, 0.25) is 0 Å². The van der Waals surface area contributed by atoms with E-state index in [2.05, 4.69) is 6.08 Å². The molecule has 0 radical (unpaired) electrons. The van der Waals surface area contributed by atoms with Gasteiger partial charge >= 0.3 is 17.8 Å². The molecule has 0 aromatic carbocycles. The molecule has 0 aromatic rings. The highest BCUT2D eigenvalue weighted by atomic mass is 19.3. The lowest BCUT2D eigenvalue weighted by molar-refractivity contribution is -0.292. The third-order valence-electron chi connectivity index (χ3n) is 9.62. The van der Waals surface area contributed by atoms with E-state index in [-0.39, 0.29) is 31.2 Å². The summed E-state index contributed by atoms with van der Waals surface area (Å²) in [6, 6.07) is 0. The highest BCUT2D eigenvalue weighted by Crippen LogP contribution is 2.52. The average Bonchev–Trinajstić information content (AvgIpc) is 3.00. The minimum absolute atomic E-state index is 0.0763. The minimum atomic E-state index is -4.33. The zero-order chi connectivity index (χ0) is 27.4. The van der Waals surface area contributed by atoms with Gasteiger partial charge in [-0.1, -0.05) is 30.2 Å². The lowest BCUT2D eigenvalue weighted by atomic mass is 9.67. The number of hydrogen-bond acceptors (Lipinski definition) is 6. The van der Waals surface area contributed by atoms with Gasteiger partial charge in [0.1, 0.15) is 13.2 Å². The number of ether oxygens (including phenoxy) is 5. The molecule has 10 heteroatoms. The molecular weight excluding hydrogens is 520 g/mol. The highest BCUT2D eigenvalue weighted by Gasteiger charge is 2.64. The number of halogens is 4.